The van der Waals surface area contributed by atoms with Crippen LogP contribution < -0.4 is 0 Å². The molecule has 2 saturated heterocycles. The molecule has 10 nitrogen and oxygen atoms in total. The Morgan fingerprint density at radius 1 is 0.902 bits per heavy atom. The molecule has 2 fully saturated rings. The van der Waals surface area contributed by atoms with E-state index in [1.165, 1.54) is 11.8 Å². The van der Waals surface area contributed by atoms with Crippen molar-refractivity contribution >= 4 is 35.0 Å². The molecule has 2 atom stereocenters. The van der Waals surface area contributed by atoms with Gasteiger partial charge in [-0.15, -0.1) is 0 Å². The lowest BCUT2D eigenvalue weighted by Gasteiger charge is -2.34. The lowest BCUT2D eigenvalue weighted by Crippen LogP contribution is -2.44. The van der Waals surface area contributed by atoms with E-state index < -0.39 is 41.5 Å². The number of hydrogen-bond acceptors (Lipinski definition) is 7. The number of nitrogens with zero attached hydrogens (tertiary/aromatic N) is 3. The van der Waals surface area contributed by atoms with E-state index in [0.717, 1.165) is 29.3 Å². The Morgan fingerprint density at radius 3 is 2.12 bits per heavy atom. The van der Waals surface area contributed by atoms with Crippen LogP contribution in [0.1, 0.15) is 85.6 Å². The van der Waals surface area contributed by atoms with Crippen LogP contribution in [0.4, 0.5) is 9.59 Å². The van der Waals surface area contributed by atoms with Crippen molar-refractivity contribution in [2.75, 3.05) is 19.6 Å². The molecule has 224 valence electrons. The zero-order valence-electron chi connectivity index (χ0n) is 25.3. The number of carbonyl (C=O) groups excluding carboxylic acids is 4. The Morgan fingerprint density at radius 2 is 1.51 bits per heavy atom. The number of aromatic nitrogens is 1. The first-order valence-electron chi connectivity index (χ1n) is 14.4. The second kappa shape index (κ2) is 11.7. The van der Waals surface area contributed by atoms with Crippen LogP contribution in [0.3, 0.4) is 0 Å². The standard InChI is InChI=1S/C31H43N3O7/c1-20(35)39-23-16-22(33(18-23)28(37)40-30(2,3)4)17-27(36)32-14-12-21(13-15-32)25-19-34(29(38)41-31(5,6)7)26-11-9-8-10-24(25)26/h8-11,19,21-23H,12-18H2,1-7H3/t22-,23+/m0/s1. The second-order valence-corrected chi connectivity index (χ2v) is 13.1. The molecule has 0 saturated carbocycles. The smallest absolute Gasteiger partial charge is 0.419 e. The molecule has 2 aliphatic heterocycles. The molecule has 1 aromatic carbocycles. The summed E-state index contributed by atoms with van der Waals surface area (Å²) in [6.45, 7) is 13.6. The molecule has 2 aliphatic rings. The van der Waals surface area contributed by atoms with Crippen LogP contribution in [0.25, 0.3) is 10.9 Å². The number of carbonyl (C=O) groups is 4. The molecular weight excluding hydrogens is 526 g/mol. The molecule has 3 heterocycles. The summed E-state index contributed by atoms with van der Waals surface area (Å²) in [4.78, 5) is 54.1. The summed E-state index contributed by atoms with van der Waals surface area (Å²) in [6.07, 6.45) is 2.54. The van der Waals surface area contributed by atoms with Crippen LogP contribution in [-0.2, 0) is 23.8 Å². The average Bonchev–Trinajstić information content (AvgIpc) is 3.43. The molecular formula is C31H43N3O7. The van der Waals surface area contributed by atoms with Crippen molar-refractivity contribution in [1.82, 2.24) is 14.4 Å². The van der Waals surface area contributed by atoms with Crippen LogP contribution >= 0.6 is 0 Å². The van der Waals surface area contributed by atoms with Gasteiger partial charge in [0.1, 0.15) is 17.3 Å². The minimum atomic E-state index is -0.681. The molecule has 4 rings (SSSR count). The zero-order valence-corrected chi connectivity index (χ0v) is 25.3. The van der Waals surface area contributed by atoms with Gasteiger partial charge in [0, 0.05) is 50.5 Å². The van der Waals surface area contributed by atoms with Gasteiger partial charge in [-0.3, -0.25) is 14.2 Å². The maximum atomic E-state index is 13.4. The van der Waals surface area contributed by atoms with Crippen LogP contribution in [-0.4, -0.2) is 81.4 Å². The average molecular weight is 570 g/mol. The molecule has 1 aromatic heterocycles. The summed E-state index contributed by atoms with van der Waals surface area (Å²) >= 11 is 0. The maximum Gasteiger partial charge on any atom is 0.419 e. The second-order valence-electron chi connectivity index (χ2n) is 13.1. The topological polar surface area (TPSA) is 107 Å². The predicted octanol–water partition coefficient (Wildman–Crippen LogP) is 5.46. The van der Waals surface area contributed by atoms with Crippen molar-refractivity contribution in [3.63, 3.8) is 0 Å². The van der Waals surface area contributed by atoms with Crippen molar-refractivity contribution in [3.8, 4) is 0 Å². The van der Waals surface area contributed by atoms with E-state index in [2.05, 4.69) is 0 Å². The minimum Gasteiger partial charge on any atom is -0.461 e. The Bertz CT molecular complexity index is 1300. The van der Waals surface area contributed by atoms with Crippen molar-refractivity contribution < 1.29 is 33.4 Å². The molecule has 0 N–H and O–H groups in total. The molecule has 0 spiro atoms. The summed E-state index contributed by atoms with van der Waals surface area (Å²) in [5.41, 5.74) is 0.598. The van der Waals surface area contributed by atoms with Crippen LogP contribution in [0.2, 0.25) is 0 Å². The van der Waals surface area contributed by atoms with E-state index in [4.69, 9.17) is 14.2 Å². The highest BCUT2D eigenvalue weighted by atomic mass is 16.6. The minimum absolute atomic E-state index is 0.0401. The Kier molecular flexibility index (Phi) is 8.70. The monoisotopic (exact) mass is 569 g/mol. The van der Waals surface area contributed by atoms with E-state index in [1.807, 2.05) is 56.1 Å². The number of piperidine rings is 1. The molecule has 0 aliphatic carbocycles. The Labute approximate surface area is 241 Å². The van der Waals surface area contributed by atoms with E-state index >= 15 is 0 Å². The maximum absolute atomic E-state index is 13.4. The zero-order chi connectivity index (χ0) is 30.1. The van der Waals surface area contributed by atoms with E-state index in [0.29, 0.717) is 19.5 Å². The van der Waals surface area contributed by atoms with Gasteiger partial charge >= 0.3 is 18.2 Å². The number of fused-ring (bicyclic) bond motifs is 1. The highest BCUT2D eigenvalue weighted by Crippen LogP contribution is 2.35. The van der Waals surface area contributed by atoms with Crippen molar-refractivity contribution in [2.24, 2.45) is 0 Å². The SMILES string of the molecule is CC(=O)O[C@@H]1C[C@@H](CC(=O)N2CCC(c3cn(C(=O)OC(C)(C)C)c4ccccc34)CC2)N(C(=O)OC(C)(C)C)C1. The number of ether oxygens (including phenoxy) is 3. The van der Waals surface area contributed by atoms with Gasteiger partial charge in [-0.05, 0) is 71.9 Å². The van der Waals surface area contributed by atoms with Gasteiger partial charge < -0.3 is 24.0 Å². The van der Waals surface area contributed by atoms with Crippen LogP contribution in [0.15, 0.2) is 30.5 Å². The van der Waals surface area contributed by atoms with E-state index in [1.54, 1.807) is 25.3 Å². The Balaban J connectivity index is 1.43. The summed E-state index contributed by atoms with van der Waals surface area (Å²) in [5.74, 6) is -0.270. The number of hydrogen-bond donors (Lipinski definition) is 0. The number of rotatable bonds is 4. The summed E-state index contributed by atoms with van der Waals surface area (Å²) < 4.78 is 18.2. The van der Waals surface area contributed by atoms with Crippen molar-refractivity contribution in [3.05, 3.63) is 36.0 Å². The largest absolute Gasteiger partial charge is 0.461 e. The quantitative estimate of drug-likeness (QED) is 0.355. The first-order valence-corrected chi connectivity index (χ1v) is 14.4. The van der Waals surface area contributed by atoms with Crippen LogP contribution in [0, 0.1) is 0 Å². The lowest BCUT2D eigenvalue weighted by atomic mass is 9.89. The van der Waals surface area contributed by atoms with Crippen molar-refractivity contribution in [1.29, 1.82) is 0 Å². The fraction of sp³-hybridized carbons (Fsp3) is 0.613. The highest BCUT2D eigenvalue weighted by molar-refractivity contribution is 5.92. The number of benzene rings is 1. The Hall–Kier alpha value is -3.56. The molecule has 10 heteroatoms. The third-order valence-electron chi connectivity index (χ3n) is 7.37. The van der Waals surface area contributed by atoms with Gasteiger partial charge in [0.25, 0.3) is 0 Å². The van der Waals surface area contributed by atoms with Gasteiger partial charge in [0.05, 0.1) is 12.1 Å². The fourth-order valence-electron chi connectivity index (χ4n) is 5.70. The molecule has 2 amide bonds. The summed E-state index contributed by atoms with van der Waals surface area (Å²) in [6, 6.07) is 7.40. The first-order chi connectivity index (χ1) is 19.1. The number of amides is 2. The predicted molar refractivity (Wildman–Crippen MR) is 154 cm³/mol. The molecule has 2 aromatic rings. The first kappa shape index (κ1) is 30.4. The molecule has 0 unspecified atom stereocenters. The molecule has 0 bridgehead atoms. The third-order valence-corrected chi connectivity index (χ3v) is 7.37. The summed E-state index contributed by atoms with van der Waals surface area (Å²) in [5, 5.41) is 1.01. The molecule has 41 heavy (non-hydrogen) atoms. The van der Waals surface area contributed by atoms with Gasteiger partial charge in [-0.1, -0.05) is 18.2 Å². The van der Waals surface area contributed by atoms with Gasteiger partial charge in [-0.25, -0.2) is 9.59 Å². The van der Waals surface area contributed by atoms with E-state index in [9.17, 15) is 19.2 Å². The van der Waals surface area contributed by atoms with Crippen molar-refractivity contribution in [2.45, 2.75) is 103 Å². The number of esters is 1. The molecule has 0 radical (unpaired) electrons. The van der Waals surface area contributed by atoms with Gasteiger partial charge in [0.15, 0.2) is 0 Å². The van der Waals surface area contributed by atoms with Gasteiger partial charge in [0.2, 0.25) is 5.91 Å². The highest BCUT2D eigenvalue weighted by Gasteiger charge is 2.41. The number of likely N-dealkylation sites (tertiary alicyclic amines) is 2. The van der Waals surface area contributed by atoms with Crippen LogP contribution in [0.5, 0.6) is 0 Å². The number of para-hydroxylation sites is 1. The van der Waals surface area contributed by atoms with E-state index in [-0.39, 0.29) is 24.8 Å². The summed E-state index contributed by atoms with van der Waals surface area (Å²) in [7, 11) is 0. The van der Waals surface area contributed by atoms with Gasteiger partial charge in [-0.2, -0.15) is 0 Å². The lowest BCUT2D eigenvalue weighted by molar-refractivity contribution is -0.145. The third kappa shape index (κ3) is 7.59. The normalized spacial score (nSPS) is 20.3. The fourth-order valence-corrected chi connectivity index (χ4v) is 5.70.